The number of likely N-dealkylation sites (tertiary alicyclic amines) is 1. The van der Waals surface area contributed by atoms with E-state index in [0.717, 1.165) is 42.6 Å². The van der Waals surface area contributed by atoms with E-state index in [-0.39, 0.29) is 18.0 Å². The first-order valence-corrected chi connectivity index (χ1v) is 10.7. The molecule has 1 amide bonds. The summed E-state index contributed by atoms with van der Waals surface area (Å²) in [5.74, 6) is -0.234. The molecule has 0 N–H and O–H groups in total. The van der Waals surface area contributed by atoms with Crippen LogP contribution < -0.4 is 0 Å². The zero-order valence-corrected chi connectivity index (χ0v) is 18.1. The van der Waals surface area contributed by atoms with Gasteiger partial charge in [0.1, 0.15) is 6.17 Å². The molecule has 2 aromatic carbocycles. The first kappa shape index (κ1) is 21.8. The highest BCUT2D eigenvalue weighted by Crippen LogP contribution is 2.30. The minimum absolute atomic E-state index is 0.101. The standard InChI is InChI=1S/C27H32N2O/c1-4-14-24(15-5-2)26(29-20-12-13-21-29)28(3)27(30)25(22-16-8-6-9-17-22)23-18-10-7-11-19-23/h4-11,14-19,25-26H,1,12-13,20-21H2,2-3H3/b15-5-,24-14+/t26-/m1/s1. The Morgan fingerprint density at radius 1 is 1.00 bits per heavy atom. The molecule has 1 aliphatic rings. The van der Waals surface area contributed by atoms with Crippen LogP contribution in [0.15, 0.2) is 97.1 Å². The molecule has 1 saturated heterocycles. The van der Waals surface area contributed by atoms with Gasteiger partial charge in [-0.25, -0.2) is 0 Å². The number of benzene rings is 2. The lowest BCUT2D eigenvalue weighted by molar-refractivity contribution is -0.134. The van der Waals surface area contributed by atoms with Crippen molar-refractivity contribution < 1.29 is 4.79 Å². The van der Waals surface area contributed by atoms with Gasteiger partial charge in [0.25, 0.3) is 0 Å². The molecule has 3 rings (SSSR count). The van der Waals surface area contributed by atoms with E-state index < -0.39 is 0 Å². The average Bonchev–Trinajstić information content (AvgIpc) is 3.30. The molecule has 0 radical (unpaired) electrons. The van der Waals surface area contributed by atoms with E-state index in [4.69, 9.17) is 0 Å². The first-order valence-electron chi connectivity index (χ1n) is 10.7. The number of allylic oxidation sites excluding steroid dienone is 3. The van der Waals surface area contributed by atoms with Crippen LogP contribution >= 0.6 is 0 Å². The lowest BCUT2D eigenvalue weighted by atomic mass is 9.89. The minimum atomic E-state index is -0.335. The van der Waals surface area contributed by atoms with Crippen molar-refractivity contribution >= 4 is 5.91 Å². The van der Waals surface area contributed by atoms with Gasteiger partial charge in [0.2, 0.25) is 5.91 Å². The van der Waals surface area contributed by atoms with Crippen molar-refractivity contribution in [1.82, 2.24) is 9.80 Å². The number of likely N-dealkylation sites (N-methyl/N-ethyl adjacent to an activating group) is 1. The highest BCUT2D eigenvalue weighted by Gasteiger charge is 2.34. The SMILES string of the molecule is C=C/C=C(\C=C/C)[C@@H](N1CCCC1)N(C)C(=O)C(c1ccccc1)c1ccccc1. The van der Waals surface area contributed by atoms with Crippen molar-refractivity contribution in [3.8, 4) is 0 Å². The van der Waals surface area contributed by atoms with Gasteiger partial charge in [-0.1, -0.05) is 91.5 Å². The topological polar surface area (TPSA) is 23.6 Å². The van der Waals surface area contributed by atoms with Crippen LogP contribution in [-0.2, 0) is 4.79 Å². The first-order chi connectivity index (χ1) is 14.7. The van der Waals surface area contributed by atoms with Crippen LogP contribution in [0, 0.1) is 0 Å². The Hall–Kier alpha value is -2.91. The highest BCUT2D eigenvalue weighted by atomic mass is 16.2. The Balaban J connectivity index is 2.02. The van der Waals surface area contributed by atoms with Crippen LogP contribution in [0.25, 0.3) is 0 Å². The molecule has 30 heavy (non-hydrogen) atoms. The van der Waals surface area contributed by atoms with E-state index in [2.05, 4.69) is 17.6 Å². The van der Waals surface area contributed by atoms with E-state index in [1.165, 1.54) is 0 Å². The second kappa shape index (κ2) is 10.7. The summed E-state index contributed by atoms with van der Waals surface area (Å²) in [6.07, 6.45) is 10.2. The molecule has 156 valence electrons. The van der Waals surface area contributed by atoms with Crippen LogP contribution in [0.3, 0.4) is 0 Å². The third kappa shape index (κ3) is 4.98. The number of rotatable bonds is 8. The predicted molar refractivity (Wildman–Crippen MR) is 125 cm³/mol. The molecule has 1 atom stereocenters. The van der Waals surface area contributed by atoms with Crippen molar-refractivity contribution in [3.63, 3.8) is 0 Å². The zero-order valence-electron chi connectivity index (χ0n) is 18.1. The van der Waals surface area contributed by atoms with Gasteiger partial charge in [0, 0.05) is 20.1 Å². The molecule has 1 heterocycles. The van der Waals surface area contributed by atoms with Gasteiger partial charge in [0.15, 0.2) is 0 Å². The number of carbonyl (C=O) groups excluding carboxylic acids is 1. The summed E-state index contributed by atoms with van der Waals surface area (Å²) in [4.78, 5) is 18.3. The van der Waals surface area contributed by atoms with Gasteiger partial charge >= 0.3 is 0 Å². The van der Waals surface area contributed by atoms with Gasteiger partial charge < -0.3 is 4.90 Å². The largest absolute Gasteiger partial charge is 0.325 e. The normalized spacial score (nSPS) is 16.2. The maximum absolute atomic E-state index is 14.0. The maximum Gasteiger partial charge on any atom is 0.235 e. The van der Waals surface area contributed by atoms with Crippen molar-refractivity contribution in [1.29, 1.82) is 0 Å². The van der Waals surface area contributed by atoms with Gasteiger partial charge in [-0.05, 0) is 36.5 Å². The number of amides is 1. The molecule has 2 aromatic rings. The summed E-state index contributed by atoms with van der Waals surface area (Å²) in [6.45, 7) is 7.90. The Morgan fingerprint density at radius 3 is 2.00 bits per heavy atom. The summed E-state index contributed by atoms with van der Waals surface area (Å²) in [7, 11) is 1.94. The van der Waals surface area contributed by atoms with Crippen molar-refractivity contribution in [3.05, 3.63) is 108 Å². The molecule has 0 aliphatic carbocycles. The lowest BCUT2D eigenvalue weighted by Gasteiger charge is -2.38. The molecule has 1 aliphatic heterocycles. The number of hydrogen-bond acceptors (Lipinski definition) is 2. The maximum atomic E-state index is 14.0. The second-order valence-corrected chi connectivity index (χ2v) is 7.72. The smallest absolute Gasteiger partial charge is 0.235 e. The van der Waals surface area contributed by atoms with E-state index in [9.17, 15) is 4.79 Å². The summed E-state index contributed by atoms with van der Waals surface area (Å²) in [5, 5.41) is 0. The van der Waals surface area contributed by atoms with Crippen molar-refractivity contribution in [2.24, 2.45) is 0 Å². The number of nitrogens with zero attached hydrogens (tertiary/aromatic N) is 2. The molecular weight excluding hydrogens is 368 g/mol. The van der Waals surface area contributed by atoms with Crippen LogP contribution in [0.1, 0.15) is 36.8 Å². The monoisotopic (exact) mass is 400 g/mol. The van der Waals surface area contributed by atoms with Crippen LogP contribution in [-0.4, -0.2) is 42.0 Å². The Kier molecular flexibility index (Phi) is 7.81. The van der Waals surface area contributed by atoms with Crippen molar-refractivity contribution in [2.75, 3.05) is 20.1 Å². The average molecular weight is 401 g/mol. The zero-order chi connectivity index (χ0) is 21.3. The molecular formula is C27H32N2O. The molecule has 3 nitrogen and oxygen atoms in total. The Labute approximate surface area is 181 Å². The van der Waals surface area contributed by atoms with Crippen LogP contribution in [0.4, 0.5) is 0 Å². The van der Waals surface area contributed by atoms with Gasteiger partial charge in [-0.3, -0.25) is 9.69 Å². The minimum Gasteiger partial charge on any atom is -0.325 e. The quantitative estimate of drug-likeness (QED) is 0.555. The predicted octanol–water partition coefficient (Wildman–Crippen LogP) is 5.39. The lowest BCUT2D eigenvalue weighted by Crippen LogP contribution is -2.50. The Bertz CT molecular complexity index is 840. The summed E-state index contributed by atoms with van der Waals surface area (Å²) >= 11 is 0. The van der Waals surface area contributed by atoms with Crippen molar-refractivity contribution in [2.45, 2.75) is 31.8 Å². The molecule has 0 spiro atoms. The molecule has 0 unspecified atom stereocenters. The third-order valence-electron chi connectivity index (χ3n) is 5.68. The number of hydrogen-bond donors (Lipinski definition) is 0. The van der Waals surface area contributed by atoms with E-state index in [0.29, 0.717) is 0 Å². The van der Waals surface area contributed by atoms with Crippen LogP contribution in [0.2, 0.25) is 0 Å². The van der Waals surface area contributed by atoms with Gasteiger partial charge in [-0.2, -0.15) is 0 Å². The third-order valence-corrected chi connectivity index (χ3v) is 5.68. The highest BCUT2D eigenvalue weighted by molar-refractivity contribution is 5.87. The van der Waals surface area contributed by atoms with E-state index in [1.54, 1.807) is 0 Å². The fourth-order valence-electron chi connectivity index (χ4n) is 4.31. The molecule has 0 saturated carbocycles. The molecule has 1 fully saturated rings. The van der Waals surface area contributed by atoms with E-state index >= 15 is 0 Å². The second-order valence-electron chi connectivity index (χ2n) is 7.72. The summed E-state index contributed by atoms with van der Waals surface area (Å²) in [5.41, 5.74) is 3.12. The summed E-state index contributed by atoms with van der Waals surface area (Å²) in [6, 6.07) is 20.1. The number of carbonyl (C=O) groups is 1. The fraction of sp³-hybridized carbons (Fsp3) is 0.296. The van der Waals surface area contributed by atoms with Gasteiger partial charge in [0.05, 0.1) is 5.92 Å². The van der Waals surface area contributed by atoms with Crippen LogP contribution in [0.5, 0.6) is 0 Å². The summed E-state index contributed by atoms with van der Waals surface area (Å²) < 4.78 is 0. The van der Waals surface area contributed by atoms with Gasteiger partial charge in [-0.15, -0.1) is 0 Å². The molecule has 3 heteroatoms. The molecule has 0 bridgehead atoms. The molecule has 0 aromatic heterocycles. The van der Waals surface area contributed by atoms with E-state index in [1.807, 2.05) is 97.8 Å². The Morgan fingerprint density at radius 2 is 1.53 bits per heavy atom. The fourth-order valence-corrected chi connectivity index (χ4v) is 4.31.